The van der Waals surface area contributed by atoms with Crippen LogP contribution in [-0.2, 0) is 17.2 Å². The van der Waals surface area contributed by atoms with E-state index < -0.39 is 37.6 Å². The van der Waals surface area contributed by atoms with Crippen molar-refractivity contribution in [2.75, 3.05) is 12.8 Å². The molecule has 1 unspecified atom stereocenters. The number of benzene rings is 2. The molecule has 1 atom stereocenters. The number of aliphatic hydroxyl groups excluding tert-OH is 1. The Morgan fingerprint density at radius 3 is 2.32 bits per heavy atom. The summed E-state index contributed by atoms with van der Waals surface area (Å²) in [5.74, 6) is 0. The van der Waals surface area contributed by atoms with Gasteiger partial charge in [0.1, 0.15) is 0 Å². The molecule has 0 aromatic heterocycles. The maximum absolute atomic E-state index is 12.9. The molecule has 2 rings (SSSR count). The lowest BCUT2D eigenvalue weighted by atomic mass is 9.91. The molecule has 0 aliphatic heterocycles. The van der Waals surface area contributed by atoms with Gasteiger partial charge >= 0.3 is 13.8 Å². The molecule has 0 amide bonds. The van der Waals surface area contributed by atoms with E-state index in [4.69, 9.17) is 27.1 Å². The van der Waals surface area contributed by atoms with Crippen molar-refractivity contribution in [1.29, 1.82) is 0 Å². The molecule has 0 aliphatic carbocycles. The molecular weight excluding hydrogens is 474 g/mol. The normalized spacial score (nSPS) is 14.5. The molecule has 5 nitrogen and oxygen atoms in total. The molecule has 0 fully saturated rings. The number of hydrogen-bond donors (Lipinski definition) is 4. The van der Waals surface area contributed by atoms with Crippen LogP contribution in [0.4, 0.5) is 13.2 Å². The molecule has 0 aliphatic rings. The van der Waals surface area contributed by atoms with E-state index in [-0.39, 0.29) is 6.42 Å². The summed E-state index contributed by atoms with van der Waals surface area (Å²) in [5.41, 5.74) is 5.06. The zero-order valence-corrected chi connectivity index (χ0v) is 18.9. The Balaban J connectivity index is 1.98. The van der Waals surface area contributed by atoms with Gasteiger partial charge in [0, 0.05) is 20.4 Å². The van der Waals surface area contributed by atoms with Crippen LogP contribution in [0.2, 0.25) is 5.02 Å². The second-order valence-electron chi connectivity index (χ2n) is 7.39. The molecule has 0 saturated carbocycles. The Hall–Kier alpha value is -1.06. The number of aryl methyl sites for hydroxylation is 1. The first kappa shape index (κ1) is 26.2. The lowest BCUT2D eigenvalue weighted by Gasteiger charge is -2.27. The van der Waals surface area contributed by atoms with Crippen molar-refractivity contribution in [3.8, 4) is 0 Å². The van der Waals surface area contributed by atoms with Crippen LogP contribution in [0.5, 0.6) is 0 Å². The fraction of sp³-hybridized carbons (Fsp3) is 0.400. The molecule has 0 saturated heterocycles. The molecule has 2 aromatic rings. The van der Waals surface area contributed by atoms with E-state index in [2.05, 4.69) is 0 Å². The highest BCUT2D eigenvalue weighted by atomic mass is 35.5. The second-order valence-corrected chi connectivity index (χ2v) is 10.7. The highest BCUT2D eigenvalue weighted by Gasteiger charge is 2.30. The first-order valence-electron chi connectivity index (χ1n) is 9.39. The van der Waals surface area contributed by atoms with E-state index in [1.165, 1.54) is 17.8 Å². The van der Waals surface area contributed by atoms with Crippen LogP contribution >= 0.6 is 31.0 Å². The minimum absolute atomic E-state index is 0.00588. The number of hydrogen-bond acceptors (Lipinski definition) is 4. The summed E-state index contributed by atoms with van der Waals surface area (Å²) in [6, 6.07) is 10.3. The van der Waals surface area contributed by atoms with Crippen molar-refractivity contribution >= 4 is 31.0 Å². The van der Waals surface area contributed by atoms with Gasteiger partial charge < -0.3 is 20.6 Å². The third-order valence-electron chi connectivity index (χ3n) is 4.76. The molecule has 5 N–H and O–H groups in total. The van der Waals surface area contributed by atoms with Gasteiger partial charge in [0.15, 0.2) is 0 Å². The van der Waals surface area contributed by atoms with Gasteiger partial charge in [0.05, 0.1) is 18.3 Å². The highest BCUT2D eigenvalue weighted by Crippen LogP contribution is 2.38. The van der Waals surface area contributed by atoms with E-state index in [1.54, 1.807) is 24.3 Å². The lowest BCUT2D eigenvalue weighted by molar-refractivity contribution is -0.137. The van der Waals surface area contributed by atoms with Crippen molar-refractivity contribution in [3.63, 3.8) is 0 Å². The van der Waals surface area contributed by atoms with E-state index >= 15 is 0 Å². The zero-order valence-electron chi connectivity index (χ0n) is 16.5. The summed E-state index contributed by atoms with van der Waals surface area (Å²) in [4.78, 5) is 19.1. The maximum atomic E-state index is 12.9. The first-order valence-corrected chi connectivity index (χ1v) is 12.4. The summed E-state index contributed by atoms with van der Waals surface area (Å²) in [6.45, 7) is -0.396. The Labute approximate surface area is 188 Å². The summed E-state index contributed by atoms with van der Waals surface area (Å²) >= 11 is 7.50. The Morgan fingerprint density at radius 2 is 1.74 bits per heavy atom. The molecule has 2 aromatic carbocycles. The molecule has 0 spiro atoms. The van der Waals surface area contributed by atoms with Gasteiger partial charge in [-0.05, 0) is 61.6 Å². The third-order valence-corrected chi connectivity index (χ3v) is 6.90. The van der Waals surface area contributed by atoms with Crippen molar-refractivity contribution in [3.05, 3.63) is 58.6 Å². The van der Waals surface area contributed by atoms with Gasteiger partial charge in [0.2, 0.25) is 0 Å². The minimum atomic E-state index is -4.41. The van der Waals surface area contributed by atoms with Crippen LogP contribution in [-0.4, -0.2) is 33.2 Å². The van der Waals surface area contributed by atoms with Crippen LogP contribution in [0.25, 0.3) is 0 Å². The van der Waals surface area contributed by atoms with Gasteiger partial charge in [-0.3, -0.25) is 4.57 Å². The molecule has 31 heavy (non-hydrogen) atoms. The van der Waals surface area contributed by atoms with Gasteiger partial charge in [-0.25, -0.2) is 0 Å². The minimum Gasteiger partial charge on any atom is -0.394 e. The maximum Gasteiger partial charge on any atom is 0.416 e. The van der Waals surface area contributed by atoms with Crippen molar-refractivity contribution in [2.24, 2.45) is 5.73 Å². The van der Waals surface area contributed by atoms with Crippen LogP contribution < -0.4 is 5.73 Å². The van der Waals surface area contributed by atoms with Crippen molar-refractivity contribution in [1.82, 2.24) is 0 Å². The van der Waals surface area contributed by atoms with Gasteiger partial charge in [-0.2, -0.15) is 13.2 Å². The molecule has 0 radical (unpaired) electrons. The van der Waals surface area contributed by atoms with Crippen molar-refractivity contribution < 1.29 is 32.6 Å². The number of aliphatic hydroxyl groups is 1. The Morgan fingerprint density at radius 1 is 1.06 bits per heavy atom. The van der Waals surface area contributed by atoms with E-state index in [1.807, 2.05) is 0 Å². The van der Waals surface area contributed by atoms with Gasteiger partial charge in [0.25, 0.3) is 0 Å². The highest BCUT2D eigenvalue weighted by molar-refractivity contribution is 7.99. The lowest BCUT2D eigenvalue weighted by Crippen LogP contribution is -2.44. The average Bonchev–Trinajstić information content (AvgIpc) is 2.67. The Kier molecular flexibility index (Phi) is 9.05. The molecule has 172 valence electrons. The predicted octanol–water partition coefficient (Wildman–Crippen LogP) is 5.09. The summed E-state index contributed by atoms with van der Waals surface area (Å²) in [6.07, 6.45) is -3.39. The second kappa shape index (κ2) is 10.7. The third kappa shape index (κ3) is 8.77. The summed E-state index contributed by atoms with van der Waals surface area (Å²) < 4.78 is 49.6. The van der Waals surface area contributed by atoms with Crippen LogP contribution in [0, 0.1) is 0 Å². The average molecular weight is 498 g/mol. The van der Waals surface area contributed by atoms with Gasteiger partial charge in [-0.1, -0.05) is 35.5 Å². The van der Waals surface area contributed by atoms with Crippen LogP contribution in [0.15, 0.2) is 52.3 Å². The fourth-order valence-corrected chi connectivity index (χ4v) is 4.94. The van der Waals surface area contributed by atoms with E-state index in [0.29, 0.717) is 34.1 Å². The number of rotatable bonds is 10. The van der Waals surface area contributed by atoms with E-state index in [9.17, 15) is 22.8 Å². The molecule has 11 heteroatoms. The quantitative estimate of drug-likeness (QED) is 0.341. The monoisotopic (exact) mass is 497 g/mol. The fourth-order valence-electron chi connectivity index (χ4n) is 2.95. The number of alkyl halides is 3. The summed E-state index contributed by atoms with van der Waals surface area (Å²) in [5, 5.41) is 9.96. The van der Waals surface area contributed by atoms with Crippen molar-refractivity contribution in [2.45, 2.75) is 47.2 Å². The topological polar surface area (TPSA) is 104 Å². The van der Waals surface area contributed by atoms with Crippen LogP contribution in [0.1, 0.15) is 30.4 Å². The Bertz CT molecular complexity index is 941. The molecule has 0 bridgehead atoms. The van der Waals surface area contributed by atoms with Crippen LogP contribution in [0.3, 0.4) is 0 Å². The van der Waals surface area contributed by atoms with Gasteiger partial charge in [-0.15, -0.1) is 0 Å². The van der Waals surface area contributed by atoms with E-state index in [0.717, 1.165) is 17.7 Å². The molecular formula is C20H24ClF3NO4PS. The number of halogens is 4. The predicted molar refractivity (Wildman–Crippen MR) is 115 cm³/mol. The standard InChI is InChI=1S/C20H24ClF3NO4PS/c21-18-12-17(31-16-5-1-4-15(11-16)20(22,23)24)7-6-14(18)3-2-8-19(25,13-26)9-10-30(27,28)29/h1,4-7,11-12,26H,2-3,8-10,13,25H2,(H2,27,28,29). The zero-order chi connectivity index (χ0) is 23.3. The largest absolute Gasteiger partial charge is 0.416 e. The molecule has 0 heterocycles. The summed E-state index contributed by atoms with van der Waals surface area (Å²) in [7, 11) is -4.20. The number of nitrogens with two attached hydrogens (primary N) is 1. The SMILES string of the molecule is NC(CO)(CCCc1ccc(Sc2cccc(C(F)(F)F)c2)cc1Cl)CCP(=O)(O)O. The smallest absolute Gasteiger partial charge is 0.394 e. The first-order chi connectivity index (χ1) is 14.3.